The SMILES string of the molecule is O=[N+]([O-])c1ccc2oc(OCC3CCNCC3)nc2c1. The van der Waals surface area contributed by atoms with E-state index in [1.165, 1.54) is 18.2 Å². The normalized spacial score (nSPS) is 16.4. The Morgan fingerprint density at radius 2 is 2.25 bits per heavy atom. The van der Waals surface area contributed by atoms with Crippen LogP contribution in [0, 0.1) is 16.0 Å². The number of hydrogen-bond donors (Lipinski definition) is 1. The Bertz CT molecular complexity index is 619. The fourth-order valence-corrected chi connectivity index (χ4v) is 2.31. The Labute approximate surface area is 115 Å². The lowest BCUT2D eigenvalue weighted by Gasteiger charge is -2.21. The second-order valence-corrected chi connectivity index (χ2v) is 4.89. The largest absolute Gasteiger partial charge is 0.450 e. The molecule has 0 aliphatic carbocycles. The van der Waals surface area contributed by atoms with Crippen LogP contribution in [0.25, 0.3) is 11.1 Å². The minimum Gasteiger partial charge on any atom is -0.450 e. The van der Waals surface area contributed by atoms with Crippen LogP contribution in [-0.2, 0) is 0 Å². The number of non-ortho nitro benzene ring substituents is 1. The highest BCUT2D eigenvalue weighted by molar-refractivity contribution is 5.75. The Kier molecular flexibility index (Phi) is 3.51. The number of nitrogens with one attached hydrogen (secondary N) is 1. The number of hydrogen-bond acceptors (Lipinski definition) is 6. The first kappa shape index (κ1) is 12.9. The molecule has 1 N–H and O–H groups in total. The number of oxazole rings is 1. The molecule has 7 heteroatoms. The van der Waals surface area contributed by atoms with Gasteiger partial charge in [0.1, 0.15) is 5.52 Å². The third-order valence-corrected chi connectivity index (χ3v) is 3.46. The minimum absolute atomic E-state index is 0.00398. The Morgan fingerprint density at radius 3 is 3.00 bits per heavy atom. The van der Waals surface area contributed by atoms with Gasteiger partial charge in [0, 0.05) is 12.1 Å². The summed E-state index contributed by atoms with van der Waals surface area (Å²) in [5, 5.41) is 14.0. The zero-order chi connectivity index (χ0) is 13.9. The lowest BCUT2D eigenvalue weighted by molar-refractivity contribution is -0.384. The number of piperidine rings is 1. The summed E-state index contributed by atoms with van der Waals surface area (Å²) in [7, 11) is 0. The number of aromatic nitrogens is 1. The van der Waals surface area contributed by atoms with E-state index in [0.29, 0.717) is 23.6 Å². The number of rotatable bonds is 4. The molecule has 1 aromatic carbocycles. The molecule has 3 rings (SSSR count). The van der Waals surface area contributed by atoms with E-state index in [4.69, 9.17) is 9.15 Å². The van der Waals surface area contributed by atoms with Gasteiger partial charge in [0.2, 0.25) is 0 Å². The van der Waals surface area contributed by atoms with Crippen molar-refractivity contribution in [2.45, 2.75) is 12.8 Å². The van der Waals surface area contributed by atoms with Crippen molar-refractivity contribution in [1.29, 1.82) is 0 Å². The molecule has 0 atom stereocenters. The molecule has 106 valence electrons. The van der Waals surface area contributed by atoms with Gasteiger partial charge in [0.05, 0.1) is 11.5 Å². The van der Waals surface area contributed by atoms with E-state index in [9.17, 15) is 10.1 Å². The van der Waals surface area contributed by atoms with Gasteiger partial charge < -0.3 is 14.5 Å². The molecule has 1 aliphatic heterocycles. The monoisotopic (exact) mass is 277 g/mol. The van der Waals surface area contributed by atoms with Crippen LogP contribution in [0.1, 0.15) is 12.8 Å². The summed E-state index contributed by atoms with van der Waals surface area (Å²) in [4.78, 5) is 14.4. The number of nitrogens with zero attached hydrogens (tertiary/aromatic N) is 2. The van der Waals surface area contributed by atoms with Crippen LogP contribution in [0.4, 0.5) is 5.69 Å². The minimum atomic E-state index is -0.455. The lowest BCUT2D eigenvalue weighted by atomic mass is 9.99. The van der Waals surface area contributed by atoms with Crippen molar-refractivity contribution in [3.63, 3.8) is 0 Å². The molecule has 1 aromatic heterocycles. The highest BCUT2D eigenvalue weighted by Gasteiger charge is 2.16. The predicted octanol–water partition coefficient (Wildman–Crippen LogP) is 2.11. The van der Waals surface area contributed by atoms with Crippen LogP contribution in [0.15, 0.2) is 22.6 Å². The molecule has 0 spiro atoms. The number of ether oxygens (including phenoxy) is 1. The maximum absolute atomic E-state index is 10.7. The van der Waals surface area contributed by atoms with Gasteiger partial charge in [-0.25, -0.2) is 0 Å². The van der Waals surface area contributed by atoms with Gasteiger partial charge >= 0.3 is 6.08 Å². The van der Waals surface area contributed by atoms with Gasteiger partial charge in [0.15, 0.2) is 5.58 Å². The highest BCUT2D eigenvalue weighted by atomic mass is 16.6. The molecular weight excluding hydrogens is 262 g/mol. The van der Waals surface area contributed by atoms with Crippen LogP contribution in [0.3, 0.4) is 0 Å². The van der Waals surface area contributed by atoms with Crippen LogP contribution in [-0.4, -0.2) is 29.6 Å². The summed E-state index contributed by atoms with van der Waals surface area (Å²) in [5.41, 5.74) is 0.936. The van der Waals surface area contributed by atoms with E-state index in [-0.39, 0.29) is 11.8 Å². The van der Waals surface area contributed by atoms with E-state index in [0.717, 1.165) is 25.9 Å². The summed E-state index contributed by atoms with van der Waals surface area (Å²) in [6.07, 6.45) is 2.33. The van der Waals surface area contributed by atoms with E-state index in [2.05, 4.69) is 10.3 Å². The summed E-state index contributed by atoms with van der Waals surface area (Å²) in [6, 6.07) is 4.32. The first-order valence-electron chi connectivity index (χ1n) is 6.61. The fourth-order valence-electron chi connectivity index (χ4n) is 2.31. The summed E-state index contributed by atoms with van der Waals surface area (Å²) < 4.78 is 11.0. The molecule has 0 amide bonds. The highest BCUT2D eigenvalue weighted by Crippen LogP contribution is 2.25. The molecule has 0 radical (unpaired) electrons. The zero-order valence-electron chi connectivity index (χ0n) is 10.9. The lowest BCUT2D eigenvalue weighted by Crippen LogP contribution is -2.30. The fraction of sp³-hybridized carbons (Fsp3) is 0.462. The van der Waals surface area contributed by atoms with Crippen LogP contribution in [0.2, 0.25) is 0 Å². The first-order chi connectivity index (χ1) is 9.72. The molecule has 0 saturated carbocycles. The average molecular weight is 277 g/mol. The molecule has 2 aromatic rings. The van der Waals surface area contributed by atoms with Gasteiger partial charge in [0.25, 0.3) is 5.69 Å². The molecule has 0 bridgehead atoms. The standard InChI is InChI=1S/C13H15N3O4/c17-16(18)10-1-2-12-11(7-10)15-13(20-12)19-8-9-3-5-14-6-4-9/h1-2,7,9,14H,3-6,8H2. The Balaban J connectivity index is 1.70. The van der Waals surface area contributed by atoms with Crippen molar-refractivity contribution >= 4 is 16.8 Å². The maximum atomic E-state index is 10.7. The van der Waals surface area contributed by atoms with E-state index in [1.54, 1.807) is 0 Å². The third-order valence-electron chi connectivity index (χ3n) is 3.46. The zero-order valence-corrected chi connectivity index (χ0v) is 10.9. The van der Waals surface area contributed by atoms with Crippen LogP contribution in [0.5, 0.6) is 6.08 Å². The van der Waals surface area contributed by atoms with E-state index < -0.39 is 4.92 Å². The van der Waals surface area contributed by atoms with Crippen molar-refractivity contribution in [3.05, 3.63) is 28.3 Å². The average Bonchev–Trinajstić information content (AvgIpc) is 2.88. The second kappa shape index (κ2) is 5.46. The maximum Gasteiger partial charge on any atom is 0.394 e. The summed E-state index contributed by atoms with van der Waals surface area (Å²) in [6.45, 7) is 2.58. The van der Waals surface area contributed by atoms with Crippen molar-refractivity contribution in [3.8, 4) is 6.08 Å². The van der Waals surface area contributed by atoms with Gasteiger partial charge in [-0.3, -0.25) is 10.1 Å². The van der Waals surface area contributed by atoms with Crippen molar-refractivity contribution in [1.82, 2.24) is 10.3 Å². The molecule has 1 aliphatic rings. The third kappa shape index (κ3) is 2.72. The Morgan fingerprint density at radius 1 is 1.45 bits per heavy atom. The number of nitro groups is 1. The van der Waals surface area contributed by atoms with E-state index in [1.807, 2.05) is 0 Å². The molecule has 1 fully saturated rings. The second-order valence-electron chi connectivity index (χ2n) is 4.89. The van der Waals surface area contributed by atoms with Gasteiger partial charge in [-0.1, -0.05) is 0 Å². The number of benzene rings is 1. The van der Waals surface area contributed by atoms with Gasteiger partial charge in [-0.05, 0) is 37.9 Å². The van der Waals surface area contributed by atoms with E-state index >= 15 is 0 Å². The quantitative estimate of drug-likeness (QED) is 0.680. The molecular formula is C13H15N3O4. The van der Waals surface area contributed by atoms with Gasteiger partial charge in [-0.2, -0.15) is 4.98 Å². The summed E-state index contributed by atoms with van der Waals surface area (Å²) in [5.74, 6) is 0.501. The van der Waals surface area contributed by atoms with Crippen LogP contribution < -0.4 is 10.1 Å². The summed E-state index contributed by atoms with van der Waals surface area (Å²) >= 11 is 0. The molecule has 7 nitrogen and oxygen atoms in total. The number of fused-ring (bicyclic) bond motifs is 1. The number of nitro benzene ring substituents is 1. The van der Waals surface area contributed by atoms with Crippen molar-refractivity contribution in [2.75, 3.05) is 19.7 Å². The first-order valence-corrected chi connectivity index (χ1v) is 6.61. The van der Waals surface area contributed by atoms with Crippen molar-refractivity contribution < 1.29 is 14.1 Å². The molecule has 0 unspecified atom stereocenters. The van der Waals surface area contributed by atoms with Crippen molar-refractivity contribution in [2.24, 2.45) is 5.92 Å². The predicted molar refractivity (Wildman–Crippen MR) is 71.8 cm³/mol. The molecule has 20 heavy (non-hydrogen) atoms. The smallest absolute Gasteiger partial charge is 0.394 e. The Hall–Kier alpha value is -2.15. The molecule has 2 heterocycles. The van der Waals surface area contributed by atoms with Crippen LogP contribution >= 0.6 is 0 Å². The van der Waals surface area contributed by atoms with Gasteiger partial charge in [-0.15, -0.1) is 0 Å². The topological polar surface area (TPSA) is 90.4 Å². The molecule has 1 saturated heterocycles.